The maximum atomic E-state index is 11.9. The lowest BCUT2D eigenvalue weighted by Crippen LogP contribution is -2.60. The third-order valence-electron chi connectivity index (χ3n) is 3.97. The fraction of sp³-hybridized carbons (Fsp3) is 0.909. The summed E-state index contributed by atoms with van der Waals surface area (Å²) in [6.45, 7) is 1.82. The molecule has 0 bridgehead atoms. The summed E-state index contributed by atoms with van der Waals surface area (Å²) in [6, 6.07) is 0. The zero-order valence-electron chi connectivity index (χ0n) is 9.98. The normalized spacial score (nSPS) is 34.5. The van der Waals surface area contributed by atoms with Crippen LogP contribution in [-0.4, -0.2) is 30.3 Å². The number of aliphatic carboxylic acids is 1. The molecule has 98 valence electrons. The van der Waals surface area contributed by atoms with Gasteiger partial charge < -0.3 is 5.11 Å². The summed E-state index contributed by atoms with van der Waals surface area (Å²) in [5.74, 6) is -1.18. The Labute approximate surface area is 102 Å². The van der Waals surface area contributed by atoms with Crippen LogP contribution in [0.5, 0.6) is 0 Å². The molecule has 2 aliphatic rings. The Bertz CT molecular complexity index is 415. The van der Waals surface area contributed by atoms with Crippen molar-refractivity contribution in [3.05, 3.63) is 0 Å². The van der Waals surface area contributed by atoms with E-state index in [-0.39, 0.29) is 11.2 Å². The molecule has 2 aliphatic carbocycles. The summed E-state index contributed by atoms with van der Waals surface area (Å²) in [6.07, 6.45) is 4.21. The molecule has 2 rings (SSSR count). The van der Waals surface area contributed by atoms with Gasteiger partial charge >= 0.3 is 5.97 Å². The monoisotopic (exact) mass is 261 g/mol. The lowest BCUT2D eigenvalue weighted by atomic mass is 9.74. The fourth-order valence-corrected chi connectivity index (χ4v) is 4.40. The third kappa shape index (κ3) is 2.33. The second-order valence-electron chi connectivity index (χ2n) is 5.27. The van der Waals surface area contributed by atoms with Gasteiger partial charge in [0.1, 0.15) is 5.54 Å². The van der Waals surface area contributed by atoms with E-state index in [4.69, 9.17) is 0 Å². The highest BCUT2D eigenvalue weighted by atomic mass is 32.2. The van der Waals surface area contributed by atoms with Gasteiger partial charge in [-0.05, 0) is 31.6 Å². The summed E-state index contributed by atoms with van der Waals surface area (Å²) in [4.78, 5) is 11.5. The number of carbonyl (C=O) groups is 1. The summed E-state index contributed by atoms with van der Waals surface area (Å²) in [5.41, 5.74) is -1.28. The Kier molecular flexibility index (Phi) is 3.20. The van der Waals surface area contributed by atoms with Crippen LogP contribution >= 0.6 is 0 Å². The van der Waals surface area contributed by atoms with Gasteiger partial charge in [-0.25, -0.2) is 8.42 Å². The Hall–Kier alpha value is -0.620. The second-order valence-corrected chi connectivity index (χ2v) is 7.23. The van der Waals surface area contributed by atoms with Crippen LogP contribution in [0.25, 0.3) is 0 Å². The molecule has 0 aromatic heterocycles. The van der Waals surface area contributed by atoms with Gasteiger partial charge in [-0.15, -0.1) is 0 Å². The summed E-state index contributed by atoms with van der Waals surface area (Å²) >= 11 is 0. The molecule has 0 aromatic carbocycles. The van der Waals surface area contributed by atoms with Gasteiger partial charge in [0, 0.05) is 0 Å². The Morgan fingerprint density at radius 3 is 2.41 bits per heavy atom. The van der Waals surface area contributed by atoms with E-state index in [1.807, 2.05) is 6.92 Å². The first kappa shape index (κ1) is 12.8. The van der Waals surface area contributed by atoms with Crippen LogP contribution in [0.4, 0.5) is 0 Å². The van der Waals surface area contributed by atoms with E-state index < -0.39 is 21.5 Å². The molecule has 2 unspecified atom stereocenters. The van der Waals surface area contributed by atoms with Gasteiger partial charge in [-0.3, -0.25) is 4.79 Å². The SMILES string of the molecule is CC1CCCCC1(NS(=O)(=O)C1CC1)C(=O)O. The number of rotatable bonds is 4. The summed E-state index contributed by atoms with van der Waals surface area (Å²) in [5, 5.41) is 9.03. The molecule has 2 fully saturated rings. The topological polar surface area (TPSA) is 83.5 Å². The minimum absolute atomic E-state index is 0.151. The smallest absolute Gasteiger partial charge is 0.325 e. The molecule has 2 N–H and O–H groups in total. The lowest BCUT2D eigenvalue weighted by molar-refractivity contribution is -0.147. The molecule has 2 atom stereocenters. The van der Waals surface area contributed by atoms with Crippen molar-refractivity contribution in [1.82, 2.24) is 4.72 Å². The van der Waals surface area contributed by atoms with Crippen molar-refractivity contribution in [3.8, 4) is 0 Å². The van der Waals surface area contributed by atoms with Crippen LogP contribution in [0.1, 0.15) is 45.4 Å². The van der Waals surface area contributed by atoms with Gasteiger partial charge in [-0.1, -0.05) is 19.8 Å². The fourth-order valence-electron chi connectivity index (χ4n) is 2.58. The summed E-state index contributed by atoms with van der Waals surface area (Å²) < 4.78 is 26.4. The number of hydrogen-bond donors (Lipinski definition) is 2. The Morgan fingerprint density at radius 2 is 1.94 bits per heavy atom. The molecule has 0 aliphatic heterocycles. The number of nitrogens with one attached hydrogen (secondary N) is 1. The molecule has 6 heteroatoms. The number of sulfonamides is 1. The minimum atomic E-state index is -3.45. The molecule has 17 heavy (non-hydrogen) atoms. The van der Waals surface area contributed by atoms with Crippen LogP contribution in [0.15, 0.2) is 0 Å². The highest BCUT2D eigenvalue weighted by molar-refractivity contribution is 7.90. The predicted octanol–water partition coefficient (Wildman–Crippen LogP) is 1.10. The molecule has 0 amide bonds. The molecule has 5 nitrogen and oxygen atoms in total. The average molecular weight is 261 g/mol. The largest absolute Gasteiger partial charge is 0.480 e. The number of carboxylic acids is 1. The Balaban J connectivity index is 2.25. The molecular formula is C11H19NO4S. The molecule has 0 saturated heterocycles. The Morgan fingerprint density at radius 1 is 1.29 bits per heavy atom. The van der Waals surface area contributed by atoms with Crippen molar-refractivity contribution in [2.24, 2.45) is 5.92 Å². The van der Waals surface area contributed by atoms with Crippen LogP contribution in [0, 0.1) is 5.92 Å². The van der Waals surface area contributed by atoms with Gasteiger partial charge in [-0.2, -0.15) is 4.72 Å². The zero-order chi connectivity index (χ0) is 12.7. The molecule has 0 radical (unpaired) electrons. The molecule has 0 spiro atoms. The van der Waals surface area contributed by atoms with Crippen molar-refractivity contribution in [1.29, 1.82) is 0 Å². The maximum absolute atomic E-state index is 11.9. The van der Waals surface area contributed by atoms with Gasteiger partial charge in [0.2, 0.25) is 10.0 Å². The third-order valence-corrected chi connectivity index (χ3v) is 5.97. The molecular weight excluding hydrogens is 242 g/mol. The predicted molar refractivity (Wildman–Crippen MR) is 63.1 cm³/mol. The first-order valence-electron chi connectivity index (χ1n) is 6.15. The second kappa shape index (κ2) is 4.24. The summed E-state index contributed by atoms with van der Waals surface area (Å²) in [7, 11) is -3.45. The van der Waals surface area contributed by atoms with E-state index in [0.717, 1.165) is 19.3 Å². The average Bonchev–Trinajstić information content (AvgIpc) is 3.04. The van der Waals surface area contributed by atoms with Gasteiger partial charge in [0.15, 0.2) is 0 Å². The van der Waals surface area contributed by atoms with Crippen LogP contribution < -0.4 is 4.72 Å². The van der Waals surface area contributed by atoms with Crippen molar-refractivity contribution in [3.63, 3.8) is 0 Å². The maximum Gasteiger partial charge on any atom is 0.325 e. The van der Waals surface area contributed by atoms with E-state index >= 15 is 0 Å². The lowest BCUT2D eigenvalue weighted by Gasteiger charge is -2.39. The van der Waals surface area contributed by atoms with Gasteiger partial charge in [0.05, 0.1) is 5.25 Å². The van der Waals surface area contributed by atoms with Gasteiger partial charge in [0.25, 0.3) is 0 Å². The van der Waals surface area contributed by atoms with Crippen molar-refractivity contribution in [2.45, 2.75) is 56.2 Å². The first-order valence-corrected chi connectivity index (χ1v) is 7.69. The van der Waals surface area contributed by atoms with E-state index in [1.165, 1.54) is 0 Å². The molecule has 0 heterocycles. The van der Waals surface area contributed by atoms with Crippen LogP contribution in [0.2, 0.25) is 0 Å². The zero-order valence-corrected chi connectivity index (χ0v) is 10.8. The van der Waals surface area contributed by atoms with Crippen molar-refractivity contribution in [2.75, 3.05) is 0 Å². The standard InChI is InChI=1S/C11H19NO4S/c1-8-4-2-3-7-11(8,10(13)14)12-17(15,16)9-5-6-9/h8-9,12H,2-7H2,1H3,(H,13,14). The van der Waals surface area contributed by atoms with Crippen LogP contribution in [0.3, 0.4) is 0 Å². The van der Waals surface area contributed by atoms with Crippen molar-refractivity contribution >= 4 is 16.0 Å². The highest BCUT2D eigenvalue weighted by Gasteiger charge is 2.50. The molecule has 2 saturated carbocycles. The van der Waals surface area contributed by atoms with E-state index in [2.05, 4.69) is 4.72 Å². The van der Waals surface area contributed by atoms with Crippen LogP contribution in [-0.2, 0) is 14.8 Å². The van der Waals surface area contributed by atoms with E-state index in [0.29, 0.717) is 19.3 Å². The quantitative estimate of drug-likeness (QED) is 0.794. The number of hydrogen-bond acceptors (Lipinski definition) is 3. The van der Waals surface area contributed by atoms with Crippen molar-refractivity contribution < 1.29 is 18.3 Å². The molecule has 0 aromatic rings. The van der Waals surface area contributed by atoms with E-state index in [9.17, 15) is 18.3 Å². The first-order chi connectivity index (χ1) is 7.88. The minimum Gasteiger partial charge on any atom is -0.480 e. The highest BCUT2D eigenvalue weighted by Crippen LogP contribution is 2.37. The van der Waals surface area contributed by atoms with E-state index in [1.54, 1.807) is 0 Å². The number of carboxylic acid groups (broad SMARTS) is 1.